The molecule has 2 rings (SSSR count). The molecule has 1 amide bonds. The molecule has 0 saturated carbocycles. The van der Waals surface area contributed by atoms with Crippen molar-refractivity contribution in [3.63, 3.8) is 0 Å². The Balaban J connectivity index is 1.97. The number of nitrogens with zero attached hydrogens (tertiary/aromatic N) is 1. The zero-order valence-corrected chi connectivity index (χ0v) is 13.4. The number of carbonyl (C=O) groups is 1. The molecule has 0 bridgehead atoms. The molecule has 1 aliphatic rings. The Morgan fingerprint density at radius 3 is 2.95 bits per heavy atom. The van der Waals surface area contributed by atoms with Crippen LogP contribution in [0.15, 0.2) is 22.7 Å². The van der Waals surface area contributed by atoms with Gasteiger partial charge in [0.2, 0.25) is 5.91 Å². The number of piperidine rings is 1. The molecule has 7 heteroatoms. The highest BCUT2D eigenvalue weighted by Crippen LogP contribution is 2.23. The fourth-order valence-electron chi connectivity index (χ4n) is 2.45. The molecule has 2 atom stereocenters. The summed E-state index contributed by atoms with van der Waals surface area (Å²) in [6.07, 6.45) is 1.14. The van der Waals surface area contributed by atoms with E-state index in [1.807, 2.05) is 0 Å². The summed E-state index contributed by atoms with van der Waals surface area (Å²) in [7, 11) is 0. The lowest BCUT2D eigenvalue weighted by Gasteiger charge is -2.30. The second-order valence-electron chi connectivity index (χ2n) is 5.35. The minimum atomic E-state index is -0.453. The van der Waals surface area contributed by atoms with E-state index >= 15 is 0 Å². The van der Waals surface area contributed by atoms with Crippen molar-refractivity contribution in [2.45, 2.75) is 25.8 Å². The number of hydrogen-bond donors (Lipinski definition) is 2. The molecular weight excluding hydrogens is 338 g/mol. The number of non-ortho nitro benzene ring substituents is 1. The molecule has 0 aliphatic carbocycles. The second kappa shape index (κ2) is 7.00. The third kappa shape index (κ3) is 4.25. The molecule has 1 saturated heterocycles. The summed E-state index contributed by atoms with van der Waals surface area (Å²) in [5.74, 6) is 0.353. The summed E-state index contributed by atoms with van der Waals surface area (Å²) in [6.45, 7) is 3.93. The van der Waals surface area contributed by atoms with Crippen LogP contribution in [0, 0.1) is 16.0 Å². The summed E-state index contributed by atoms with van der Waals surface area (Å²) in [5, 5.41) is 17.0. The maximum absolute atomic E-state index is 12.1. The predicted octanol–water partition coefficient (Wildman–Crippen LogP) is 2.01. The number of nitro benzene ring substituents is 1. The van der Waals surface area contributed by atoms with Crippen molar-refractivity contribution >= 4 is 27.5 Å². The summed E-state index contributed by atoms with van der Waals surface area (Å²) in [4.78, 5) is 22.3. The molecule has 1 fully saturated rings. The van der Waals surface area contributed by atoms with E-state index < -0.39 is 4.92 Å². The minimum Gasteiger partial charge on any atom is -0.353 e. The van der Waals surface area contributed by atoms with Gasteiger partial charge in [-0.1, -0.05) is 28.9 Å². The summed E-state index contributed by atoms with van der Waals surface area (Å²) in [6, 6.07) is 4.65. The van der Waals surface area contributed by atoms with E-state index in [0.29, 0.717) is 10.4 Å². The fraction of sp³-hybridized carbons (Fsp3) is 0.500. The molecule has 1 aromatic rings. The predicted molar refractivity (Wildman–Crippen MR) is 83.1 cm³/mol. The number of amides is 1. The van der Waals surface area contributed by atoms with Crippen LogP contribution >= 0.6 is 15.9 Å². The van der Waals surface area contributed by atoms with E-state index in [1.54, 1.807) is 6.07 Å². The first-order valence-electron chi connectivity index (χ1n) is 6.90. The van der Waals surface area contributed by atoms with Gasteiger partial charge in [0.15, 0.2) is 0 Å². The van der Waals surface area contributed by atoms with Crippen LogP contribution in [-0.4, -0.2) is 30.0 Å². The van der Waals surface area contributed by atoms with Crippen molar-refractivity contribution in [3.8, 4) is 0 Å². The third-order valence-electron chi connectivity index (χ3n) is 3.73. The molecular formula is C14H18BrN3O3. The number of carbonyl (C=O) groups excluding carboxylic acids is 1. The molecule has 1 heterocycles. The number of halogens is 1. The van der Waals surface area contributed by atoms with Crippen LogP contribution in [0.3, 0.4) is 0 Å². The van der Waals surface area contributed by atoms with Crippen LogP contribution in [-0.2, 0) is 11.2 Å². The zero-order chi connectivity index (χ0) is 15.4. The van der Waals surface area contributed by atoms with Crippen molar-refractivity contribution in [1.29, 1.82) is 0 Å². The van der Waals surface area contributed by atoms with Crippen LogP contribution in [0.25, 0.3) is 0 Å². The van der Waals surface area contributed by atoms with E-state index in [4.69, 9.17) is 0 Å². The van der Waals surface area contributed by atoms with Gasteiger partial charge < -0.3 is 10.6 Å². The van der Waals surface area contributed by atoms with Crippen molar-refractivity contribution < 1.29 is 9.72 Å². The molecule has 6 nitrogen and oxygen atoms in total. The van der Waals surface area contributed by atoms with Gasteiger partial charge in [0, 0.05) is 22.6 Å². The third-order valence-corrected chi connectivity index (χ3v) is 4.47. The Bertz CT molecular complexity index is 550. The van der Waals surface area contributed by atoms with Gasteiger partial charge in [0.25, 0.3) is 5.69 Å². The van der Waals surface area contributed by atoms with Crippen molar-refractivity contribution in [1.82, 2.24) is 10.6 Å². The van der Waals surface area contributed by atoms with E-state index in [1.165, 1.54) is 12.1 Å². The average Bonchev–Trinajstić information content (AvgIpc) is 2.43. The average molecular weight is 356 g/mol. The lowest BCUT2D eigenvalue weighted by atomic mass is 9.95. The first kappa shape index (κ1) is 15.9. The van der Waals surface area contributed by atoms with Gasteiger partial charge in [0.1, 0.15) is 0 Å². The lowest BCUT2D eigenvalue weighted by molar-refractivity contribution is -0.384. The van der Waals surface area contributed by atoms with Crippen LogP contribution in [0.2, 0.25) is 0 Å². The Kier molecular flexibility index (Phi) is 5.30. The molecule has 114 valence electrons. The standard InChI is InChI=1S/C14H18BrN3O3/c1-9-8-16-5-4-13(9)17-14(19)6-10-2-3-11(18(20)21)7-12(10)15/h2-3,7,9,13,16H,4-6,8H2,1H3,(H,17,19). The van der Waals surface area contributed by atoms with Crippen molar-refractivity contribution in [2.75, 3.05) is 13.1 Å². The Morgan fingerprint density at radius 2 is 2.33 bits per heavy atom. The highest BCUT2D eigenvalue weighted by atomic mass is 79.9. The Hall–Kier alpha value is -1.47. The van der Waals surface area contributed by atoms with Gasteiger partial charge in [-0.25, -0.2) is 0 Å². The highest BCUT2D eigenvalue weighted by Gasteiger charge is 2.23. The number of benzene rings is 1. The number of rotatable bonds is 4. The van der Waals surface area contributed by atoms with Crippen molar-refractivity contribution in [2.24, 2.45) is 5.92 Å². The molecule has 0 radical (unpaired) electrons. The van der Waals surface area contributed by atoms with Crippen molar-refractivity contribution in [3.05, 3.63) is 38.3 Å². The molecule has 0 spiro atoms. The summed E-state index contributed by atoms with van der Waals surface area (Å²) in [5.41, 5.74) is 0.762. The van der Waals surface area contributed by atoms with Gasteiger partial charge in [-0.05, 0) is 31.0 Å². The highest BCUT2D eigenvalue weighted by molar-refractivity contribution is 9.10. The van der Waals surface area contributed by atoms with Gasteiger partial charge in [-0.2, -0.15) is 0 Å². The van der Waals surface area contributed by atoms with Crippen LogP contribution < -0.4 is 10.6 Å². The van der Waals surface area contributed by atoms with Crippen LogP contribution in [0.5, 0.6) is 0 Å². The monoisotopic (exact) mass is 355 g/mol. The molecule has 2 N–H and O–H groups in total. The SMILES string of the molecule is CC1CNCCC1NC(=O)Cc1ccc([N+](=O)[O-])cc1Br. The molecule has 21 heavy (non-hydrogen) atoms. The maximum Gasteiger partial charge on any atom is 0.270 e. The van der Waals surface area contributed by atoms with Gasteiger partial charge >= 0.3 is 0 Å². The number of nitro groups is 1. The molecule has 1 aromatic carbocycles. The zero-order valence-electron chi connectivity index (χ0n) is 11.8. The Labute approximate surface area is 131 Å². The summed E-state index contributed by atoms with van der Waals surface area (Å²) >= 11 is 3.29. The minimum absolute atomic E-state index is 0.0120. The van der Waals surface area contributed by atoms with Gasteiger partial charge in [-0.15, -0.1) is 0 Å². The van der Waals surface area contributed by atoms with Crippen LogP contribution in [0.4, 0.5) is 5.69 Å². The summed E-state index contributed by atoms with van der Waals surface area (Å²) < 4.78 is 0.588. The van der Waals surface area contributed by atoms with Gasteiger partial charge in [-0.3, -0.25) is 14.9 Å². The molecule has 0 aromatic heterocycles. The topological polar surface area (TPSA) is 84.3 Å². The van der Waals surface area contributed by atoms with E-state index in [0.717, 1.165) is 25.1 Å². The van der Waals surface area contributed by atoms with E-state index in [-0.39, 0.29) is 24.1 Å². The van der Waals surface area contributed by atoms with Gasteiger partial charge in [0.05, 0.1) is 11.3 Å². The maximum atomic E-state index is 12.1. The smallest absolute Gasteiger partial charge is 0.270 e. The number of hydrogen-bond acceptors (Lipinski definition) is 4. The molecule has 2 unspecified atom stereocenters. The fourth-order valence-corrected chi connectivity index (χ4v) is 2.96. The second-order valence-corrected chi connectivity index (χ2v) is 6.21. The number of nitrogens with one attached hydrogen (secondary N) is 2. The quantitative estimate of drug-likeness (QED) is 0.639. The normalized spacial score (nSPS) is 21.8. The molecule has 1 aliphatic heterocycles. The Morgan fingerprint density at radius 1 is 1.57 bits per heavy atom. The lowest BCUT2D eigenvalue weighted by Crippen LogP contribution is -2.48. The van der Waals surface area contributed by atoms with E-state index in [9.17, 15) is 14.9 Å². The first-order chi connectivity index (χ1) is 9.97. The largest absolute Gasteiger partial charge is 0.353 e. The first-order valence-corrected chi connectivity index (χ1v) is 7.69. The van der Waals surface area contributed by atoms with E-state index in [2.05, 4.69) is 33.5 Å². The van der Waals surface area contributed by atoms with Crippen LogP contribution in [0.1, 0.15) is 18.9 Å².